The van der Waals surface area contributed by atoms with Crippen molar-refractivity contribution in [2.45, 2.75) is 50.8 Å². The highest BCUT2D eigenvalue weighted by Gasteiger charge is 2.25. The predicted molar refractivity (Wildman–Crippen MR) is 103 cm³/mol. The molecular weight excluding hydrogens is 360 g/mol. The number of esters is 1. The molecule has 0 radical (unpaired) electrons. The Hall–Kier alpha value is -2.61. The highest BCUT2D eigenvalue weighted by Crippen LogP contribution is 2.26. The van der Waals surface area contributed by atoms with E-state index in [9.17, 15) is 9.59 Å². The fraction of sp³-hybridized carbons (Fsp3) is 0.550. The molecule has 28 heavy (non-hydrogen) atoms. The van der Waals surface area contributed by atoms with Gasteiger partial charge in [0.05, 0.1) is 36.4 Å². The first kappa shape index (κ1) is 18.7. The number of methoxy groups -OCH3 is 1. The Labute approximate surface area is 163 Å². The number of hydrogen-bond acceptors (Lipinski definition) is 5. The Morgan fingerprint density at radius 1 is 1.29 bits per heavy atom. The molecule has 1 fully saturated rings. The predicted octanol–water partition coefficient (Wildman–Crippen LogP) is 2.53. The number of carbonyl (C=O) groups is 2. The Balaban J connectivity index is 1.47. The van der Waals surface area contributed by atoms with E-state index in [0.29, 0.717) is 25.3 Å². The second-order valence-electron chi connectivity index (χ2n) is 7.45. The number of fused-ring (bicyclic) bond motifs is 3. The summed E-state index contributed by atoms with van der Waals surface area (Å²) in [7, 11) is 1.36. The average Bonchev–Trinajstić information content (AvgIpc) is 3.10. The molecule has 0 saturated heterocycles. The molecule has 1 aromatic carbocycles. The highest BCUT2D eigenvalue weighted by atomic mass is 16.5. The number of rotatable bonds is 4. The molecule has 150 valence electrons. The van der Waals surface area contributed by atoms with E-state index in [1.165, 1.54) is 26.4 Å². The molecule has 8 heteroatoms. The molecule has 1 atom stereocenters. The fourth-order valence-electron chi connectivity index (χ4n) is 4.11. The summed E-state index contributed by atoms with van der Waals surface area (Å²) in [6.45, 7) is 1.36. The molecule has 1 unspecified atom stereocenters. The van der Waals surface area contributed by atoms with E-state index in [1.54, 1.807) is 12.1 Å². The maximum Gasteiger partial charge on any atom is 0.337 e. The number of amides is 2. The summed E-state index contributed by atoms with van der Waals surface area (Å²) in [4.78, 5) is 28.7. The second kappa shape index (κ2) is 8.18. The monoisotopic (exact) mass is 386 g/mol. The second-order valence-corrected chi connectivity index (χ2v) is 7.45. The van der Waals surface area contributed by atoms with Crippen molar-refractivity contribution >= 4 is 23.0 Å². The molecule has 2 aliphatic rings. The van der Waals surface area contributed by atoms with Gasteiger partial charge in [0.15, 0.2) is 0 Å². The molecule has 1 aliphatic carbocycles. The van der Waals surface area contributed by atoms with Crippen LogP contribution in [0.2, 0.25) is 0 Å². The third-order valence-corrected chi connectivity index (χ3v) is 5.53. The highest BCUT2D eigenvalue weighted by molar-refractivity contribution is 5.93. The van der Waals surface area contributed by atoms with Gasteiger partial charge in [-0.3, -0.25) is 0 Å². The molecule has 2 amide bonds. The zero-order valence-corrected chi connectivity index (χ0v) is 16.1. The van der Waals surface area contributed by atoms with Gasteiger partial charge in [-0.15, -0.1) is 0 Å². The summed E-state index contributed by atoms with van der Waals surface area (Å²) in [5, 5.41) is 6.05. The quantitative estimate of drug-likeness (QED) is 0.788. The number of ether oxygens (including phenoxy) is 2. The van der Waals surface area contributed by atoms with Crippen LogP contribution in [-0.4, -0.2) is 47.9 Å². The van der Waals surface area contributed by atoms with Crippen LogP contribution in [0.5, 0.6) is 0 Å². The number of aromatic nitrogens is 2. The number of nitrogens with one attached hydrogen (secondary N) is 2. The summed E-state index contributed by atoms with van der Waals surface area (Å²) in [6.07, 6.45) is 5.73. The minimum Gasteiger partial charge on any atom is -0.465 e. The molecule has 1 saturated carbocycles. The topological polar surface area (TPSA) is 94.5 Å². The molecule has 2 heterocycles. The molecule has 2 N–H and O–H groups in total. The maximum absolute atomic E-state index is 12.3. The molecule has 4 rings (SSSR count). The van der Waals surface area contributed by atoms with Gasteiger partial charge >= 0.3 is 12.0 Å². The van der Waals surface area contributed by atoms with Gasteiger partial charge in [-0.05, 0) is 31.0 Å². The van der Waals surface area contributed by atoms with Crippen molar-refractivity contribution in [3.8, 4) is 0 Å². The number of nitrogens with zero attached hydrogens (tertiary/aromatic N) is 2. The van der Waals surface area contributed by atoms with Crippen LogP contribution >= 0.6 is 0 Å². The first-order chi connectivity index (χ1) is 13.7. The van der Waals surface area contributed by atoms with Crippen LogP contribution in [0.15, 0.2) is 18.2 Å². The SMILES string of the molecule is COC(=O)c1ccc2c(c1)nc1n2C(CNC(=O)NC2CCCCC2)COC1. The van der Waals surface area contributed by atoms with E-state index in [2.05, 4.69) is 20.2 Å². The van der Waals surface area contributed by atoms with E-state index < -0.39 is 0 Å². The molecule has 2 aromatic rings. The van der Waals surface area contributed by atoms with Crippen molar-refractivity contribution in [2.24, 2.45) is 0 Å². The van der Waals surface area contributed by atoms with Gasteiger partial charge < -0.3 is 24.7 Å². The van der Waals surface area contributed by atoms with Crippen LogP contribution in [-0.2, 0) is 16.1 Å². The third kappa shape index (κ3) is 3.82. The number of hydrogen-bond donors (Lipinski definition) is 2. The smallest absolute Gasteiger partial charge is 0.337 e. The van der Waals surface area contributed by atoms with E-state index >= 15 is 0 Å². The van der Waals surface area contributed by atoms with Crippen LogP contribution in [0, 0.1) is 0 Å². The summed E-state index contributed by atoms with van der Waals surface area (Å²) in [5.74, 6) is 0.407. The van der Waals surface area contributed by atoms with Crippen molar-refractivity contribution in [3.63, 3.8) is 0 Å². The lowest BCUT2D eigenvalue weighted by Gasteiger charge is -2.27. The molecular formula is C20H26N4O4. The van der Waals surface area contributed by atoms with Gasteiger partial charge in [-0.2, -0.15) is 0 Å². The van der Waals surface area contributed by atoms with E-state index in [0.717, 1.165) is 29.7 Å². The van der Waals surface area contributed by atoms with E-state index in [-0.39, 0.29) is 24.1 Å². The fourth-order valence-corrected chi connectivity index (χ4v) is 4.11. The number of benzene rings is 1. The van der Waals surface area contributed by atoms with Crippen LogP contribution in [0.1, 0.15) is 54.3 Å². The number of urea groups is 1. The first-order valence-corrected chi connectivity index (χ1v) is 9.87. The number of imidazole rings is 1. The van der Waals surface area contributed by atoms with Crippen LogP contribution in [0.4, 0.5) is 4.79 Å². The van der Waals surface area contributed by atoms with Crippen molar-refractivity contribution in [1.82, 2.24) is 20.2 Å². The van der Waals surface area contributed by atoms with Crippen molar-refractivity contribution in [1.29, 1.82) is 0 Å². The first-order valence-electron chi connectivity index (χ1n) is 9.87. The van der Waals surface area contributed by atoms with Crippen molar-refractivity contribution in [3.05, 3.63) is 29.6 Å². The summed E-state index contributed by atoms with van der Waals surface area (Å²) in [5.41, 5.74) is 2.11. The van der Waals surface area contributed by atoms with Crippen molar-refractivity contribution < 1.29 is 19.1 Å². The molecule has 8 nitrogen and oxygen atoms in total. The van der Waals surface area contributed by atoms with Crippen LogP contribution in [0.25, 0.3) is 11.0 Å². The Morgan fingerprint density at radius 2 is 2.11 bits per heavy atom. The molecule has 1 aliphatic heterocycles. The molecule has 1 aromatic heterocycles. The van der Waals surface area contributed by atoms with Gasteiger partial charge in [0.2, 0.25) is 0 Å². The molecule has 0 spiro atoms. The van der Waals surface area contributed by atoms with Gasteiger partial charge in [0, 0.05) is 12.6 Å². The average molecular weight is 386 g/mol. The molecule has 0 bridgehead atoms. The Kier molecular flexibility index (Phi) is 5.47. The minimum atomic E-state index is -0.387. The van der Waals surface area contributed by atoms with E-state index in [1.807, 2.05) is 6.07 Å². The summed E-state index contributed by atoms with van der Waals surface area (Å²) in [6, 6.07) is 5.44. The third-order valence-electron chi connectivity index (χ3n) is 5.53. The zero-order valence-electron chi connectivity index (χ0n) is 16.1. The van der Waals surface area contributed by atoms with Crippen molar-refractivity contribution in [2.75, 3.05) is 20.3 Å². The largest absolute Gasteiger partial charge is 0.465 e. The van der Waals surface area contributed by atoms with Gasteiger partial charge in [-0.25, -0.2) is 14.6 Å². The van der Waals surface area contributed by atoms with Crippen LogP contribution in [0.3, 0.4) is 0 Å². The normalized spacial score (nSPS) is 19.8. The lowest BCUT2D eigenvalue weighted by molar-refractivity contribution is 0.0571. The van der Waals surface area contributed by atoms with Gasteiger partial charge in [-0.1, -0.05) is 19.3 Å². The summed E-state index contributed by atoms with van der Waals surface area (Å²) < 4.78 is 12.6. The Morgan fingerprint density at radius 3 is 2.89 bits per heavy atom. The maximum atomic E-state index is 12.3. The van der Waals surface area contributed by atoms with Gasteiger partial charge in [0.1, 0.15) is 12.4 Å². The summed E-state index contributed by atoms with van der Waals surface area (Å²) >= 11 is 0. The van der Waals surface area contributed by atoms with Gasteiger partial charge in [0.25, 0.3) is 0 Å². The lowest BCUT2D eigenvalue weighted by Crippen LogP contribution is -2.45. The minimum absolute atomic E-state index is 0.0465. The Bertz CT molecular complexity index is 872. The number of carbonyl (C=O) groups excluding carboxylic acids is 2. The lowest BCUT2D eigenvalue weighted by atomic mass is 9.96. The zero-order chi connectivity index (χ0) is 19.5. The standard InChI is InChI=1S/C20H26N4O4/c1-27-19(25)13-7-8-17-16(9-13)23-18-12-28-11-15(24(17)18)10-21-20(26)22-14-5-3-2-4-6-14/h7-9,14-15H,2-6,10-12H2,1H3,(H2,21,22,26). The van der Waals surface area contributed by atoms with E-state index in [4.69, 9.17) is 9.47 Å². The van der Waals surface area contributed by atoms with Crippen LogP contribution < -0.4 is 10.6 Å².